The fourth-order valence-electron chi connectivity index (χ4n) is 2.32. The summed E-state index contributed by atoms with van der Waals surface area (Å²) in [5.41, 5.74) is 5.73. The van der Waals surface area contributed by atoms with Crippen LogP contribution in [-0.2, 0) is 0 Å². The van der Waals surface area contributed by atoms with Crippen molar-refractivity contribution in [3.8, 4) is 0 Å². The first-order chi connectivity index (χ1) is 9.02. The molecule has 1 fully saturated rings. The maximum Gasteiger partial charge on any atom is 0.258 e. The zero-order valence-electron chi connectivity index (χ0n) is 10.2. The van der Waals surface area contributed by atoms with Crippen LogP contribution in [0.3, 0.4) is 0 Å². The summed E-state index contributed by atoms with van der Waals surface area (Å²) in [5.74, 6) is -0.894. The van der Waals surface area contributed by atoms with Gasteiger partial charge in [-0.15, -0.1) is 0 Å². The van der Waals surface area contributed by atoms with Gasteiger partial charge in [0.05, 0.1) is 16.6 Å². The summed E-state index contributed by atoms with van der Waals surface area (Å²) in [7, 11) is 0. The molecule has 6 heteroatoms. The van der Waals surface area contributed by atoms with Gasteiger partial charge in [0.1, 0.15) is 5.82 Å². The fourth-order valence-corrected chi connectivity index (χ4v) is 3.07. The normalized spacial score (nSPS) is 19.3. The molecule has 0 aromatic heterocycles. The van der Waals surface area contributed by atoms with Gasteiger partial charge in [-0.3, -0.25) is 4.79 Å². The molecule has 1 amide bonds. The summed E-state index contributed by atoms with van der Waals surface area (Å²) in [6.45, 7) is 0.557. The SMILES string of the molecule is NC(=S)C1CCCCN1C(=O)c1c(F)cccc1Br. The number of benzene rings is 1. The molecule has 1 aliphatic rings. The van der Waals surface area contributed by atoms with E-state index in [0.717, 1.165) is 19.3 Å². The van der Waals surface area contributed by atoms with Gasteiger partial charge in [-0.25, -0.2) is 4.39 Å². The molecule has 0 radical (unpaired) electrons. The molecular weight excluding hydrogens is 331 g/mol. The molecule has 1 atom stereocenters. The standard InChI is InChI=1S/C13H14BrFN2OS/c14-8-4-3-5-9(15)11(8)13(18)17-7-2-1-6-10(17)12(16)19/h3-5,10H,1-2,6-7H2,(H2,16,19). The molecule has 2 rings (SSSR count). The molecule has 1 unspecified atom stereocenters. The Morgan fingerprint density at radius 3 is 2.84 bits per heavy atom. The summed E-state index contributed by atoms with van der Waals surface area (Å²) >= 11 is 8.23. The summed E-state index contributed by atoms with van der Waals surface area (Å²) < 4.78 is 14.3. The molecule has 19 heavy (non-hydrogen) atoms. The minimum absolute atomic E-state index is 0.0469. The Hall–Kier alpha value is -1.01. The van der Waals surface area contributed by atoms with Crippen molar-refractivity contribution in [2.45, 2.75) is 25.3 Å². The number of halogens is 2. The largest absolute Gasteiger partial charge is 0.392 e. The van der Waals surface area contributed by atoms with E-state index in [1.165, 1.54) is 6.07 Å². The number of thiocarbonyl (C=S) groups is 1. The molecule has 3 nitrogen and oxygen atoms in total. The second kappa shape index (κ2) is 5.96. The molecule has 0 bridgehead atoms. The lowest BCUT2D eigenvalue weighted by Gasteiger charge is -2.35. The van der Waals surface area contributed by atoms with Gasteiger partial charge >= 0.3 is 0 Å². The van der Waals surface area contributed by atoms with E-state index in [9.17, 15) is 9.18 Å². The van der Waals surface area contributed by atoms with Gasteiger partial charge in [-0.2, -0.15) is 0 Å². The molecule has 2 N–H and O–H groups in total. The Kier molecular flexibility index (Phi) is 4.52. The number of piperidine rings is 1. The Morgan fingerprint density at radius 1 is 1.47 bits per heavy atom. The van der Waals surface area contributed by atoms with E-state index >= 15 is 0 Å². The monoisotopic (exact) mass is 344 g/mol. The highest BCUT2D eigenvalue weighted by molar-refractivity contribution is 9.10. The third-order valence-electron chi connectivity index (χ3n) is 3.27. The number of carbonyl (C=O) groups excluding carboxylic acids is 1. The van der Waals surface area contributed by atoms with E-state index in [0.29, 0.717) is 16.0 Å². The van der Waals surface area contributed by atoms with Crippen LogP contribution in [0.1, 0.15) is 29.6 Å². The number of carbonyl (C=O) groups is 1. The fraction of sp³-hybridized carbons (Fsp3) is 0.385. The van der Waals surface area contributed by atoms with Crippen LogP contribution in [0.25, 0.3) is 0 Å². The van der Waals surface area contributed by atoms with Gasteiger partial charge in [0.25, 0.3) is 5.91 Å². The molecule has 102 valence electrons. The predicted octanol–water partition coefficient (Wildman–Crippen LogP) is 2.87. The number of hydrogen-bond donors (Lipinski definition) is 1. The molecule has 0 saturated carbocycles. The van der Waals surface area contributed by atoms with Crippen molar-refractivity contribution in [2.24, 2.45) is 5.73 Å². The number of rotatable bonds is 2. The lowest BCUT2D eigenvalue weighted by Crippen LogP contribution is -2.50. The van der Waals surface area contributed by atoms with Gasteiger partial charge in [-0.05, 0) is 47.3 Å². The number of hydrogen-bond acceptors (Lipinski definition) is 2. The van der Waals surface area contributed by atoms with Gasteiger partial charge < -0.3 is 10.6 Å². The van der Waals surface area contributed by atoms with Crippen LogP contribution in [0.4, 0.5) is 4.39 Å². The van der Waals surface area contributed by atoms with E-state index in [4.69, 9.17) is 18.0 Å². The van der Waals surface area contributed by atoms with Crippen LogP contribution in [0.15, 0.2) is 22.7 Å². The average Bonchev–Trinajstić information content (AvgIpc) is 2.38. The smallest absolute Gasteiger partial charge is 0.258 e. The second-order valence-electron chi connectivity index (χ2n) is 4.51. The van der Waals surface area contributed by atoms with Crippen molar-refractivity contribution in [1.29, 1.82) is 0 Å². The Balaban J connectivity index is 2.34. The summed E-state index contributed by atoms with van der Waals surface area (Å²) in [6.07, 6.45) is 2.61. The predicted molar refractivity (Wildman–Crippen MR) is 79.6 cm³/mol. The van der Waals surface area contributed by atoms with Crippen LogP contribution in [0.5, 0.6) is 0 Å². The minimum atomic E-state index is -0.536. The Bertz CT molecular complexity index is 503. The Morgan fingerprint density at radius 2 is 2.21 bits per heavy atom. The first kappa shape index (κ1) is 14.4. The topological polar surface area (TPSA) is 46.3 Å². The molecule has 1 saturated heterocycles. The second-order valence-corrected chi connectivity index (χ2v) is 5.83. The molecule has 1 aliphatic heterocycles. The van der Waals surface area contributed by atoms with Crippen molar-refractivity contribution in [2.75, 3.05) is 6.54 Å². The van der Waals surface area contributed by atoms with Crippen molar-refractivity contribution >= 4 is 39.0 Å². The lowest BCUT2D eigenvalue weighted by molar-refractivity contribution is 0.0675. The highest BCUT2D eigenvalue weighted by atomic mass is 79.9. The van der Waals surface area contributed by atoms with Crippen molar-refractivity contribution in [1.82, 2.24) is 4.90 Å². The van der Waals surface area contributed by atoms with Crippen LogP contribution in [0, 0.1) is 5.82 Å². The van der Waals surface area contributed by atoms with E-state index in [-0.39, 0.29) is 17.5 Å². The molecule has 1 heterocycles. The van der Waals surface area contributed by atoms with E-state index in [2.05, 4.69) is 15.9 Å². The van der Waals surface area contributed by atoms with Crippen LogP contribution < -0.4 is 5.73 Å². The Labute approximate surface area is 125 Å². The van der Waals surface area contributed by atoms with Crippen molar-refractivity contribution in [3.05, 3.63) is 34.1 Å². The third-order valence-corrected chi connectivity index (χ3v) is 4.20. The van der Waals surface area contributed by atoms with Crippen molar-refractivity contribution in [3.63, 3.8) is 0 Å². The van der Waals surface area contributed by atoms with Crippen molar-refractivity contribution < 1.29 is 9.18 Å². The average molecular weight is 345 g/mol. The minimum Gasteiger partial charge on any atom is -0.392 e. The zero-order valence-corrected chi connectivity index (χ0v) is 12.6. The van der Waals surface area contributed by atoms with Gasteiger partial charge in [0.15, 0.2) is 0 Å². The number of amides is 1. The molecule has 1 aromatic rings. The lowest BCUT2D eigenvalue weighted by atomic mass is 10.0. The van der Waals surface area contributed by atoms with Gasteiger partial charge in [-0.1, -0.05) is 18.3 Å². The molecule has 1 aromatic carbocycles. The maximum absolute atomic E-state index is 13.8. The quantitative estimate of drug-likeness (QED) is 0.839. The summed E-state index contributed by atoms with van der Waals surface area (Å²) in [5, 5.41) is 0. The van der Waals surface area contributed by atoms with Crippen LogP contribution in [0.2, 0.25) is 0 Å². The van der Waals surface area contributed by atoms with Gasteiger partial charge in [0, 0.05) is 11.0 Å². The molecule has 0 aliphatic carbocycles. The maximum atomic E-state index is 13.8. The zero-order chi connectivity index (χ0) is 14.0. The van der Waals surface area contributed by atoms with Crippen LogP contribution in [-0.4, -0.2) is 28.4 Å². The summed E-state index contributed by atoms with van der Waals surface area (Å²) in [4.78, 5) is 14.4. The highest BCUT2D eigenvalue weighted by Crippen LogP contribution is 2.25. The van der Waals surface area contributed by atoms with E-state index < -0.39 is 5.82 Å². The van der Waals surface area contributed by atoms with E-state index in [1.807, 2.05) is 0 Å². The summed E-state index contributed by atoms with van der Waals surface area (Å²) in [6, 6.07) is 4.20. The number of nitrogens with two attached hydrogens (primary N) is 1. The first-order valence-corrected chi connectivity index (χ1v) is 7.27. The van der Waals surface area contributed by atoms with Crippen LogP contribution >= 0.6 is 28.1 Å². The van der Waals surface area contributed by atoms with E-state index in [1.54, 1.807) is 17.0 Å². The molecule has 0 spiro atoms. The molecular formula is C13H14BrFN2OS. The number of nitrogens with zero attached hydrogens (tertiary/aromatic N) is 1. The number of likely N-dealkylation sites (tertiary alicyclic amines) is 1. The first-order valence-electron chi connectivity index (χ1n) is 6.06. The highest BCUT2D eigenvalue weighted by Gasteiger charge is 2.31. The third kappa shape index (κ3) is 2.95. The van der Waals surface area contributed by atoms with Gasteiger partial charge in [0.2, 0.25) is 0 Å².